The lowest BCUT2D eigenvalue weighted by Crippen LogP contribution is -2.49. The van der Waals surface area contributed by atoms with Gasteiger partial charge < -0.3 is 14.4 Å². The molecule has 1 aromatic heterocycles. The zero-order chi connectivity index (χ0) is 23.8. The number of aromatic nitrogens is 2. The van der Waals surface area contributed by atoms with Crippen LogP contribution >= 0.6 is 11.6 Å². The van der Waals surface area contributed by atoms with Crippen LogP contribution < -0.4 is 4.90 Å². The van der Waals surface area contributed by atoms with Crippen LogP contribution in [0.4, 0.5) is 5.69 Å². The zero-order valence-corrected chi connectivity index (χ0v) is 20.6. The van der Waals surface area contributed by atoms with Crippen molar-refractivity contribution in [3.63, 3.8) is 0 Å². The van der Waals surface area contributed by atoms with Gasteiger partial charge in [0.15, 0.2) is 0 Å². The number of carbonyl (C=O) groups excluding carboxylic acids is 1. The lowest BCUT2D eigenvalue weighted by Gasteiger charge is -2.36. The van der Waals surface area contributed by atoms with Crippen LogP contribution in [0.1, 0.15) is 12.2 Å². The summed E-state index contributed by atoms with van der Waals surface area (Å²) in [5, 5.41) is 0.723. The molecule has 0 spiro atoms. The molecule has 1 saturated heterocycles. The second kappa shape index (κ2) is 9.32. The van der Waals surface area contributed by atoms with E-state index in [1.54, 1.807) is 18.2 Å². The van der Waals surface area contributed by atoms with E-state index in [9.17, 15) is 13.2 Å². The first-order valence-electron chi connectivity index (χ1n) is 10.8. The molecule has 0 saturated carbocycles. The molecule has 8 nitrogen and oxygen atoms in total. The second-order valence-corrected chi connectivity index (χ2v) is 10.9. The van der Waals surface area contributed by atoms with Gasteiger partial charge in [0.05, 0.1) is 26.6 Å². The Labute approximate surface area is 199 Å². The highest BCUT2D eigenvalue weighted by Crippen LogP contribution is 2.26. The third-order valence-corrected chi connectivity index (χ3v) is 8.24. The summed E-state index contributed by atoms with van der Waals surface area (Å²) in [6.07, 6.45) is 0.844. The first-order valence-corrected chi connectivity index (χ1v) is 12.7. The van der Waals surface area contributed by atoms with Crippen LogP contribution in [0.25, 0.3) is 11.0 Å². The molecule has 0 atom stereocenters. The standard InChI is InChI=1S/C23H28ClN5O3S/c1-26(2)33(31,32)17-8-9-21-19(16-17)25-22(27(21)3)10-11-23(30)29-14-12-28(13-15-29)20-7-5-4-6-18(20)24/h4-9,16H,10-15H2,1-3H3. The summed E-state index contributed by atoms with van der Waals surface area (Å²) >= 11 is 6.31. The molecule has 1 aliphatic rings. The topological polar surface area (TPSA) is 78.8 Å². The molecular weight excluding hydrogens is 462 g/mol. The van der Waals surface area contributed by atoms with Crippen LogP contribution in [0.15, 0.2) is 47.4 Å². The van der Waals surface area contributed by atoms with Crippen molar-refractivity contribution in [3.05, 3.63) is 53.3 Å². The summed E-state index contributed by atoms with van der Waals surface area (Å²) in [4.78, 5) is 21.7. The number of amides is 1. The Balaban J connectivity index is 1.40. The van der Waals surface area contributed by atoms with E-state index >= 15 is 0 Å². The Hall–Kier alpha value is -2.62. The average molecular weight is 490 g/mol. The Morgan fingerprint density at radius 2 is 1.79 bits per heavy atom. The fourth-order valence-corrected chi connectivity index (χ4v) is 5.28. The first-order chi connectivity index (χ1) is 15.7. The van der Waals surface area contributed by atoms with E-state index in [4.69, 9.17) is 11.6 Å². The number of sulfonamides is 1. The van der Waals surface area contributed by atoms with Crippen molar-refractivity contribution in [2.24, 2.45) is 7.05 Å². The number of rotatable bonds is 6. The predicted octanol–water partition coefficient (Wildman–Crippen LogP) is 2.76. The molecule has 0 bridgehead atoms. The number of hydrogen-bond donors (Lipinski definition) is 0. The largest absolute Gasteiger partial charge is 0.367 e. The van der Waals surface area contributed by atoms with Crippen molar-refractivity contribution in [1.29, 1.82) is 0 Å². The van der Waals surface area contributed by atoms with Gasteiger partial charge in [-0.05, 0) is 30.3 Å². The predicted molar refractivity (Wildman–Crippen MR) is 130 cm³/mol. The Kier molecular flexibility index (Phi) is 6.65. The Morgan fingerprint density at radius 3 is 2.45 bits per heavy atom. The summed E-state index contributed by atoms with van der Waals surface area (Å²) in [5.41, 5.74) is 2.45. The summed E-state index contributed by atoms with van der Waals surface area (Å²) in [7, 11) is 1.36. The molecule has 0 unspecified atom stereocenters. The molecule has 176 valence electrons. The third-order valence-electron chi connectivity index (χ3n) is 6.11. The number of benzene rings is 2. The van der Waals surface area contributed by atoms with Crippen LogP contribution in [0.5, 0.6) is 0 Å². The van der Waals surface area contributed by atoms with Gasteiger partial charge in [-0.3, -0.25) is 4.79 Å². The third kappa shape index (κ3) is 4.71. The van der Waals surface area contributed by atoms with E-state index in [2.05, 4.69) is 9.88 Å². The average Bonchev–Trinajstić information content (AvgIpc) is 3.12. The van der Waals surface area contributed by atoms with E-state index in [0.717, 1.165) is 35.1 Å². The molecule has 2 aromatic carbocycles. The number of fused-ring (bicyclic) bond motifs is 1. The molecule has 1 aliphatic heterocycles. The smallest absolute Gasteiger partial charge is 0.242 e. The van der Waals surface area contributed by atoms with Crippen molar-refractivity contribution in [1.82, 2.24) is 18.8 Å². The second-order valence-electron chi connectivity index (χ2n) is 8.34. The van der Waals surface area contributed by atoms with E-state index in [1.165, 1.54) is 18.4 Å². The maximum atomic E-state index is 12.8. The summed E-state index contributed by atoms with van der Waals surface area (Å²) in [6, 6.07) is 12.7. The van der Waals surface area contributed by atoms with Gasteiger partial charge in [-0.2, -0.15) is 0 Å². The van der Waals surface area contributed by atoms with Crippen molar-refractivity contribution in [3.8, 4) is 0 Å². The lowest BCUT2D eigenvalue weighted by atomic mass is 10.2. The number of imidazole rings is 1. The normalized spacial score (nSPS) is 14.9. The van der Waals surface area contributed by atoms with Crippen molar-refractivity contribution in [2.75, 3.05) is 45.2 Å². The minimum atomic E-state index is -3.53. The molecule has 0 N–H and O–H groups in total. The van der Waals surface area contributed by atoms with Crippen molar-refractivity contribution in [2.45, 2.75) is 17.7 Å². The number of aryl methyl sites for hydroxylation is 2. The molecule has 4 rings (SSSR count). The summed E-state index contributed by atoms with van der Waals surface area (Å²) in [5.74, 6) is 0.851. The fourth-order valence-electron chi connectivity index (χ4n) is 4.11. The number of halogens is 1. The van der Waals surface area contributed by atoms with Crippen LogP contribution in [-0.2, 0) is 28.3 Å². The minimum absolute atomic E-state index is 0.0942. The number of carbonyl (C=O) groups is 1. The van der Waals surface area contributed by atoms with Gasteiger partial charge in [0.1, 0.15) is 5.82 Å². The number of para-hydroxylation sites is 1. The molecule has 1 fully saturated rings. The Bertz CT molecular complexity index is 1280. The van der Waals surface area contributed by atoms with Gasteiger partial charge in [-0.15, -0.1) is 0 Å². The molecule has 2 heterocycles. The molecule has 10 heteroatoms. The van der Waals surface area contributed by atoms with Gasteiger partial charge >= 0.3 is 0 Å². The van der Waals surface area contributed by atoms with Crippen LogP contribution in [-0.4, -0.2) is 73.4 Å². The van der Waals surface area contributed by atoms with Gasteiger partial charge in [0.25, 0.3) is 0 Å². The van der Waals surface area contributed by atoms with E-state index < -0.39 is 10.0 Å². The van der Waals surface area contributed by atoms with E-state index in [0.29, 0.717) is 31.4 Å². The molecule has 0 radical (unpaired) electrons. The van der Waals surface area contributed by atoms with Gasteiger partial charge in [-0.25, -0.2) is 17.7 Å². The number of anilines is 1. The van der Waals surface area contributed by atoms with Crippen LogP contribution in [0.2, 0.25) is 5.02 Å². The molecule has 1 amide bonds. The quantitative estimate of drug-likeness (QED) is 0.532. The van der Waals surface area contributed by atoms with Crippen molar-refractivity contribution < 1.29 is 13.2 Å². The number of piperazine rings is 1. The Morgan fingerprint density at radius 1 is 1.09 bits per heavy atom. The van der Waals surface area contributed by atoms with Gasteiger partial charge in [0, 0.05) is 60.2 Å². The monoisotopic (exact) mass is 489 g/mol. The highest BCUT2D eigenvalue weighted by atomic mass is 35.5. The lowest BCUT2D eigenvalue weighted by molar-refractivity contribution is -0.131. The van der Waals surface area contributed by atoms with Crippen molar-refractivity contribution >= 4 is 44.3 Å². The highest BCUT2D eigenvalue weighted by molar-refractivity contribution is 7.89. The molecular formula is C23H28ClN5O3S. The summed E-state index contributed by atoms with van der Waals surface area (Å²) in [6.45, 7) is 2.78. The summed E-state index contributed by atoms with van der Waals surface area (Å²) < 4.78 is 27.9. The van der Waals surface area contributed by atoms with Crippen LogP contribution in [0, 0.1) is 0 Å². The zero-order valence-electron chi connectivity index (χ0n) is 19.0. The molecule has 3 aromatic rings. The highest BCUT2D eigenvalue weighted by Gasteiger charge is 2.23. The molecule has 0 aliphatic carbocycles. The van der Waals surface area contributed by atoms with E-state index in [1.807, 2.05) is 40.8 Å². The maximum absolute atomic E-state index is 12.8. The fraction of sp³-hybridized carbons (Fsp3) is 0.391. The number of hydrogen-bond acceptors (Lipinski definition) is 5. The van der Waals surface area contributed by atoms with Crippen LogP contribution in [0.3, 0.4) is 0 Å². The molecule has 33 heavy (non-hydrogen) atoms. The maximum Gasteiger partial charge on any atom is 0.242 e. The number of nitrogens with zero attached hydrogens (tertiary/aromatic N) is 5. The minimum Gasteiger partial charge on any atom is -0.367 e. The first kappa shape index (κ1) is 23.5. The van der Waals surface area contributed by atoms with Gasteiger partial charge in [0.2, 0.25) is 15.9 Å². The SMILES string of the molecule is CN(C)S(=O)(=O)c1ccc2c(c1)nc(CCC(=O)N1CCN(c3ccccc3Cl)CC1)n2C. The van der Waals surface area contributed by atoms with Gasteiger partial charge in [-0.1, -0.05) is 23.7 Å². The van der Waals surface area contributed by atoms with E-state index in [-0.39, 0.29) is 10.8 Å².